The Morgan fingerprint density at radius 1 is 1.15 bits per heavy atom. The topological polar surface area (TPSA) is 71.0 Å². The molecule has 1 aliphatic rings. The van der Waals surface area contributed by atoms with Gasteiger partial charge in [0, 0.05) is 26.2 Å². The molecule has 6 nitrogen and oxygen atoms in total. The molecule has 0 fully saturated rings. The van der Waals surface area contributed by atoms with E-state index in [0.29, 0.717) is 6.54 Å². The second kappa shape index (κ2) is 14.9. The second-order valence-electron chi connectivity index (χ2n) is 8.87. The molecule has 1 amide bonds. The number of rotatable bonds is 12. The molecule has 0 saturated carbocycles. The molecule has 0 radical (unpaired) electrons. The summed E-state index contributed by atoms with van der Waals surface area (Å²) >= 11 is 0. The summed E-state index contributed by atoms with van der Waals surface area (Å²) in [6, 6.07) is 16.0. The largest absolute Gasteiger partial charge is 0.491 e. The van der Waals surface area contributed by atoms with E-state index in [1.54, 1.807) is 4.90 Å². The molecule has 188 valence electrons. The van der Waals surface area contributed by atoms with Crippen molar-refractivity contribution in [3.8, 4) is 11.5 Å². The molecule has 2 atom stereocenters. The third-order valence-corrected chi connectivity index (χ3v) is 6.11. The first-order valence-corrected chi connectivity index (χ1v) is 12.1. The van der Waals surface area contributed by atoms with Gasteiger partial charge >= 0.3 is 0 Å². The molecule has 1 aliphatic carbocycles. The molecule has 2 aromatic rings. The average molecular weight is 491 g/mol. The SMILES string of the molecule is CCCCN(C)C(=O)COc1ccc2c(c1)CC(NC[C@H](O)COc1ccccc1)CCC2.Cl. The minimum Gasteiger partial charge on any atom is -0.491 e. The van der Waals surface area contributed by atoms with Gasteiger partial charge in [-0.15, -0.1) is 12.4 Å². The molecule has 0 saturated heterocycles. The average Bonchev–Trinajstić information content (AvgIpc) is 3.05. The standard InChI is InChI=1S/C27H38N2O4.ClH/c1-3-4-15-29(2)27(31)20-33-26-14-13-21-9-8-10-23(16-22(21)17-26)28-18-24(30)19-32-25-11-6-5-7-12-25;/h5-7,11-14,17,23-24,28,30H,3-4,8-10,15-16,18-20H2,1-2H3;1H/t23?,24-;/m0./s1. The highest BCUT2D eigenvalue weighted by atomic mass is 35.5. The number of carbonyl (C=O) groups excluding carboxylic acids is 1. The molecule has 1 unspecified atom stereocenters. The second-order valence-corrected chi connectivity index (χ2v) is 8.87. The van der Waals surface area contributed by atoms with Crippen LogP contribution in [-0.2, 0) is 17.6 Å². The van der Waals surface area contributed by atoms with E-state index < -0.39 is 6.10 Å². The Bertz CT molecular complexity index is 865. The van der Waals surface area contributed by atoms with Crippen molar-refractivity contribution in [3.05, 3.63) is 59.7 Å². The Morgan fingerprint density at radius 3 is 2.71 bits per heavy atom. The molecule has 0 aliphatic heterocycles. The molecule has 2 N–H and O–H groups in total. The number of nitrogens with zero attached hydrogens (tertiary/aromatic N) is 1. The lowest BCUT2D eigenvalue weighted by Crippen LogP contribution is -2.39. The van der Waals surface area contributed by atoms with Gasteiger partial charge in [-0.3, -0.25) is 4.79 Å². The van der Waals surface area contributed by atoms with Gasteiger partial charge in [-0.1, -0.05) is 37.6 Å². The number of halogens is 1. The quantitative estimate of drug-likeness (QED) is 0.440. The van der Waals surface area contributed by atoms with Crippen LogP contribution in [0.15, 0.2) is 48.5 Å². The number of likely N-dealkylation sites (N-methyl/N-ethyl adjacent to an activating group) is 1. The van der Waals surface area contributed by atoms with Crippen molar-refractivity contribution in [1.29, 1.82) is 0 Å². The Hall–Kier alpha value is -2.28. The van der Waals surface area contributed by atoms with Crippen LogP contribution in [0.2, 0.25) is 0 Å². The van der Waals surface area contributed by atoms with Crippen LogP contribution in [0.25, 0.3) is 0 Å². The maximum Gasteiger partial charge on any atom is 0.260 e. The molecule has 0 aromatic heterocycles. The van der Waals surface area contributed by atoms with Gasteiger partial charge in [0.15, 0.2) is 6.61 Å². The summed E-state index contributed by atoms with van der Waals surface area (Å²) in [5.41, 5.74) is 2.59. The summed E-state index contributed by atoms with van der Waals surface area (Å²) in [4.78, 5) is 14.0. The minimum atomic E-state index is -0.571. The van der Waals surface area contributed by atoms with Crippen LogP contribution in [0.4, 0.5) is 0 Å². The number of fused-ring (bicyclic) bond motifs is 1. The number of aryl methyl sites for hydroxylation is 1. The number of ether oxygens (including phenoxy) is 2. The van der Waals surface area contributed by atoms with Gasteiger partial charge in [0.1, 0.15) is 24.2 Å². The van der Waals surface area contributed by atoms with E-state index in [-0.39, 0.29) is 37.6 Å². The van der Waals surface area contributed by atoms with E-state index in [0.717, 1.165) is 56.6 Å². The number of hydrogen-bond acceptors (Lipinski definition) is 5. The molecule has 3 rings (SSSR count). The zero-order valence-corrected chi connectivity index (χ0v) is 21.2. The molecule has 34 heavy (non-hydrogen) atoms. The fourth-order valence-electron chi connectivity index (χ4n) is 4.05. The molecule has 2 aromatic carbocycles. The van der Waals surface area contributed by atoms with Gasteiger partial charge in [-0.25, -0.2) is 0 Å². The monoisotopic (exact) mass is 490 g/mol. The number of unbranched alkanes of at least 4 members (excludes halogenated alkanes) is 1. The van der Waals surface area contributed by atoms with Crippen molar-refractivity contribution in [3.63, 3.8) is 0 Å². The minimum absolute atomic E-state index is 0. The summed E-state index contributed by atoms with van der Waals surface area (Å²) in [6.45, 7) is 3.69. The summed E-state index contributed by atoms with van der Waals surface area (Å²) in [7, 11) is 1.83. The lowest BCUT2D eigenvalue weighted by molar-refractivity contribution is -0.132. The normalized spacial score (nSPS) is 15.9. The predicted octanol–water partition coefficient (Wildman–Crippen LogP) is 4.02. The van der Waals surface area contributed by atoms with E-state index in [9.17, 15) is 9.90 Å². The number of aliphatic hydroxyl groups is 1. The van der Waals surface area contributed by atoms with E-state index in [2.05, 4.69) is 24.4 Å². The third kappa shape index (κ3) is 9.16. The van der Waals surface area contributed by atoms with Gasteiger partial charge in [0.25, 0.3) is 5.91 Å². The fourth-order valence-corrected chi connectivity index (χ4v) is 4.05. The molecule has 0 spiro atoms. The van der Waals surface area contributed by atoms with Gasteiger partial charge in [0.2, 0.25) is 0 Å². The Balaban J connectivity index is 0.00000408. The Morgan fingerprint density at radius 2 is 1.94 bits per heavy atom. The summed E-state index contributed by atoms with van der Waals surface area (Å²) in [5, 5.41) is 13.8. The number of benzene rings is 2. The third-order valence-electron chi connectivity index (χ3n) is 6.11. The van der Waals surface area contributed by atoms with Gasteiger partial charge in [-0.05, 0) is 67.5 Å². The lowest BCUT2D eigenvalue weighted by Gasteiger charge is -2.20. The van der Waals surface area contributed by atoms with Crippen molar-refractivity contribution in [2.24, 2.45) is 0 Å². The molecule has 7 heteroatoms. The molecular weight excluding hydrogens is 452 g/mol. The Kier molecular flexibility index (Phi) is 12.2. The summed E-state index contributed by atoms with van der Waals surface area (Å²) < 4.78 is 11.5. The number of nitrogens with one attached hydrogen (secondary N) is 1. The number of hydrogen-bond donors (Lipinski definition) is 2. The first kappa shape index (κ1) is 28.0. The summed E-state index contributed by atoms with van der Waals surface area (Å²) in [6.07, 6.45) is 5.56. The van der Waals surface area contributed by atoms with Crippen molar-refractivity contribution < 1.29 is 19.4 Å². The molecule has 0 bridgehead atoms. The van der Waals surface area contributed by atoms with E-state index >= 15 is 0 Å². The van der Waals surface area contributed by atoms with Crippen LogP contribution in [0.3, 0.4) is 0 Å². The van der Waals surface area contributed by atoms with Gasteiger partial charge in [-0.2, -0.15) is 0 Å². The van der Waals surface area contributed by atoms with Crippen molar-refractivity contribution in [1.82, 2.24) is 10.2 Å². The maximum absolute atomic E-state index is 12.3. The highest BCUT2D eigenvalue weighted by Gasteiger charge is 2.19. The fraction of sp³-hybridized carbons (Fsp3) is 0.519. The van der Waals surface area contributed by atoms with Crippen molar-refractivity contribution in [2.75, 3.05) is 33.4 Å². The zero-order chi connectivity index (χ0) is 23.5. The van der Waals surface area contributed by atoms with Crippen LogP contribution in [0.5, 0.6) is 11.5 Å². The van der Waals surface area contributed by atoms with Gasteiger partial charge in [0.05, 0.1) is 0 Å². The summed E-state index contributed by atoms with van der Waals surface area (Å²) in [5.74, 6) is 1.51. The first-order valence-electron chi connectivity index (χ1n) is 12.1. The number of amides is 1. The smallest absolute Gasteiger partial charge is 0.260 e. The van der Waals surface area contributed by atoms with Crippen molar-refractivity contribution in [2.45, 2.75) is 57.6 Å². The van der Waals surface area contributed by atoms with E-state index in [1.807, 2.05) is 43.4 Å². The van der Waals surface area contributed by atoms with Crippen LogP contribution in [0, 0.1) is 0 Å². The lowest BCUT2D eigenvalue weighted by atomic mass is 10.0. The van der Waals surface area contributed by atoms with Crippen molar-refractivity contribution >= 4 is 18.3 Å². The number of aliphatic hydroxyl groups excluding tert-OH is 1. The van der Waals surface area contributed by atoms with Crippen LogP contribution < -0.4 is 14.8 Å². The number of carbonyl (C=O) groups is 1. The highest BCUT2D eigenvalue weighted by molar-refractivity contribution is 5.85. The maximum atomic E-state index is 12.3. The van der Waals surface area contributed by atoms with E-state index in [1.165, 1.54) is 11.1 Å². The molecule has 0 heterocycles. The van der Waals surface area contributed by atoms with Gasteiger partial charge < -0.3 is 24.8 Å². The zero-order valence-electron chi connectivity index (χ0n) is 20.4. The first-order chi connectivity index (χ1) is 16.0. The number of para-hydroxylation sites is 1. The molecular formula is C27H39ClN2O4. The van der Waals surface area contributed by atoms with Crippen LogP contribution >= 0.6 is 12.4 Å². The highest BCUT2D eigenvalue weighted by Crippen LogP contribution is 2.25. The van der Waals surface area contributed by atoms with Crippen LogP contribution in [0.1, 0.15) is 43.7 Å². The Labute approximate surface area is 210 Å². The van der Waals surface area contributed by atoms with E-state index in [4.69, 9.17) is 9.47 Å². The predicted molar refractivity (Wildman–Crippen MR) is 138 cm³/mol. The van der Waals surface area contributed by atoms with Crippen LogP contribution in [-0.4, -0.2) is 61.4 Å².